The van der Waals surface area contributed by atoms with Gasteiger partial charge in [0.15, 0.2) is 0 Å². The lowest BCUT2D eigenvalue weighted by atomic mass is 10.3. The molecule has 1 aliphatic rings. The first-order chi connectivity index (χ1) is 8.42. The number of halogens is 3. The number of amides is 1. The predicted molar refractivity (Wildman–Crippen MR) is 62.1 cm³/mol. The average molecular weight is 265 g/mol. The minimum Gasteiger partial charge on any atom is -0.339 e. The number of carbonyl (C=O) groups excluding carboxylic acids is 1. The van der Waals surface area contributed by atoms with Gasteiger partial charge in [-0.1, -0.05) is 6.08 Å². The molecule has 4 nitrogen and oxygen atoms in total. The van der Waals surface area contributed by atoms with Gasteiger partial charge in [-0.05, 0) is 0 Å². The van der Waals surface area contributed by atoms with Crippen molar-refractivity contribution < 1.29 is 18.0 Å². The Bertz CT molecular complexity index is 286. The van der Waals surface area contributed by atoms with Gasteiger partial charge in [0, 0.05) is 32.7 Å². The summed E-state index contributed by atoms with van der Waals surface area (Å²) in [4.78, 5) is 14.6. The van der Waals surface area contributed by atoms with Gasteiger partial charge in [-0.25, -0.2) is 0 Å². The van der Waals surface area contributed by atoms with Gasteiger partial charge in [-0.2, -0.15) is 13.2 Å². The van der Waals surface area contributed by atoms with Crippen LogP contribution in [-0.2, 0) is 4.79 Å². The maximum absolute atomic E-state index is 12.2. The van der Waals surface area contributed by atoms with E-state index in [0.29, 0.717) is 19.6 Å². The van der Waals surface area contributed by atoms with Crippen molar-refractivity contribution >= 4 is 5.91 Å². The smallest absolute Gasteiger partial charge is 0.339 e. The summed E-state index contributed by atoms with van der Waals surface area (Å²) >= 11 is 0. The second-order valence-electron chi connectivity index (χ2n) is 4.19. The van der Waals surface area contributed by atoms with E-state index in [1.807, 2.05) is 0 Å². The highest BCUT2D eigenvalue weighted by Crippen LogP contribution is 2.17. The molecule has 0 radical (unpaired) electrons. The summed E-state index contributed by atoms with van der Waals surface area (Å²) in [6, 6.07) is 0. The summed E-state index contributed by atoms with van der Waals surface area (Å²) in [7, 11) is 0. The number of nitrogens with zero attached hydrogens (tertiary/aromatic N) is 2. The van der Waals surface area contributed by atoms with Crippen LogP contribution in [0.2, 0.25) is 0 Å². The summed E-state index contributed by atoms with van der Waals surface area (Å²) in [6.45, 7) is 4.60. The van der Waals surface area contributed by atoms with E-state index in [4.69, 9.17) is 0 Å². The van der Waals surface area contributed by atoms with Crippen LogP contribution in [0.5, 0.6) is 0 Å². The molecule has 0 aliphatic carbocycles. The Hall–Kier alpha value is -1.08. The molecule has 0 saturated carbocycles. The second-order valence-corrected chi connectivity index (χ2v) is 4.19. The molecule has 0 spiro atoms. The fraction of sp³-hybridized carbons (Fsp3) is 0.727. The Kier molecular flexibility index (Phi) is 5.61. The van der Waals surface area contributed by atoms with Crippen molar-refractivity contribution in [2.75, 3.05) is 45.8 Å². The Balaban J connectivity index is 2.26. The first-order valence-electron chi connectivity index (χ1n) is 5.81. The molecule has 104 valence electrons. The van der Waals surface area contributed by atoms with Gasteiger partial charge in [0.1, 0.15) is 0 Å². The first kappa shape index (κ1) is 15.0. The molecule has 0 aromatic heterocycles. The highest BCUT2D eigenvalue weighted by atomic mass is 19.4. The molecule has 7 heteroatoms. The Morgan fingerprint density at radius 2 is 1.89 bits per heavy atom. The van der Waals surface area contributed by atoms with E-state index in [1.165, 1.54) is 4.90 Å². The number of piperazine rings is 1. The Labute approximate surface area is 104 Å². The van der Waals surface area contributed by atoms with Crippen LogP contribution in [0.15, 0.2) is 12.7 Å². The molecule has 0 aromatic rings. The van der Waals surface area contributed by atoms with Crippen molar-refractivity contribution in [3.63, 3.8) is 0 Å². The van der Waals surface area contributed by atoms with E-state index >= 15 is 0 Å². The maximum atomic E-state index is 12.2. The highest BCUT2D eigenvalue weighted by Gasteiger charge is 2.32. The number of hydrogen-bond donors (Lipinski definition) is 1. The molecule has 1 rings (SSSR count). The van der Waals surface area contributed by atoms with E-state index in [-0.39, 0.29) is 25.5 Å². The van der Waals surface area contributed by atoms with Gasteiger partial charge in [0.2, 0.25) is 5.91 Å². The molecule has 1 fully saturated rings. The number of hydrogen-bond acceptors (Lipinski definition) is 3. The third kappa shape index (κ3) is 5.50. The van der Waals surface area contributed by atoms with E-state index in [0.717, 1.165) is 0 Å². The molecule has 0 atom stereocenters. The quantitative estimate of drug-likeness (QED) is 0.580. The second kappa shape index (κ2) is 6.75. The normalized spacial score (nSPS) is 17.8. The van der Waals surface area contributed by atoms with Crippen molar-refractivity contribution in [1.29, 1.82) is 0 Å². The standard InChI is InChI=1S/C11H18F3N3O/c1-2-3-15-8-10(18)17-6-4-16(5-7-17)9-11(12,13)14/h2,15H,1,3-9H2. The van der Waals surface area contributed by atoms with Gasteiger partial charge < -0.3 is 10.2 Å². The molecule has 0 bridgehead atoms. The maximum Gasteiger partial charge on any atom is 0.401 e. The van der Waals surface area contributed by atoms with Crippen molar-refractivity contribution in [1.82, 2.24) is 15.1 Å². The lowest BCUT2D eigenvalue weighted by Gasteiger charge is -2.35. The number of nitrogens with one attached hydrogen (secondary N) is 1. The van der Waals surface area contributed by atoms with Crippen molar-refractivity contribution in [3.8, 4) is 0 Å². The third-order valence-corrected chi connectivity index (χ3v) is 2.69. The highest BCUT2D eigenvalue weighted by molar-refractivity contribution is 5.78. The van der Waals surface area contributed by atoms with Crippen LogP contribution in [-0.4, -0.2) is 67.7 Å². The predicted octanol–water partition coefficient (Wildman–Crippen LogP) is 0.468. The van der Waals surface area contributed by atoms with E-state index in [9.17, 15) is 18.0 Å². The molecule has 18 heavy (non-hydrogen) atoms. The van der Waals surface area contributed by atoms with Crippen LogP contribution in [0.25, 0.3) is 0 Å². The lowest BCUT2D eigenvalue weighted by molar-refractivity contribution is -0.151. The molecule has 1 amide bonds. The van der Waals surface area contributed by atoms with E-state index < -0.39 is 12.7 Å². The Morgan fingerprint density at radius 3 is 2.39 bits per heavy atom. The number of alkyl halides is 3. The zero-order valence-electron chi connectivity index (χ0n) is 10.2. The SMILES string of the molecule is C=CCNCC(=O)N1CCN(CC(F)(F)F)CC1. The van der Waals surface area contributed by atoms with Crippen LogP contribution < -0.4 is 5.32 Å². The van der Waals surface area contributed by atoms with Gasteiger partial charge >= 0.3 is 6.18 Å². The zero-order chi connectivity index (χ0) is 13.6. The topological polar surface area (TPSA) is 35.6 Å². The zero-order valence-corrected chi connectivity index (χ0v) is 10.2. The van der Waals surface area contributed by atoms with Crippen molar-refractivity contribution in [2.45, 2.75) is 6.18 Å². The van der Waals surface area contributed by atoms with Crippen LogP contribution in [0.4, 0.5) is 13.2 Å². The number of rotatable bonds is 5. The first-order valence-corrected chi connectivity index (χ1v) is 5.81. The van der Waals surface area contributed by atoms with E-state index in [2.05, 4.69) is 11.9 Å². The fourth-order valence-electron chi connectivity index (χ4n) is 1.80. The summed E-state index contributed by atoms with van der Waals surface area (Å²) in [5, 5.41) is 2.88. The van der Waals surface area contributed by atoms with Gasteiger partial charge in [0.05, 0.1) is 13.1 Å². The van der Waals surface area contributed by atoms with Gasteiger partial charge in [-0.3, -0.25) is 9.69 Å². The van der Waals surface area contributed by atoms with Crippen LogP contribution in [0, 0.1) is 0 Å². The Morgan fingerprint density at radius 1 is 1.28 bits per heavy atom. The monoisotopic (exact) mass is 265 g/mol. The molecule has 1 heterocycles. The molecule has 0 aromatic carbocycles. The number of carbonyl (C=O) groups is 1. The molecule has 1 saturated heterocycles. The van der Waals surface area contributed by atoms with Crippen molar-refractivity contribution in [2.24, 2.45) is 0 Å². The van der Waals surface area contributed by atoms with Crippen LogP contribution >= 0.6 is 0 Å². The minimum atomic E-state index is -4.17. The van der Waals surface area contributed by atoms with E-state index in [1.54, 1.807) is 11.0 Å². The summed E-state index contributed by atoms with van der Waals surface area (Å²) in [5.41, 5.74) is 0. The summed E-state index contributed by atoms with van der Waals surface area (Å²) in [6.07, 6.45) is -2.52. The molecular weight excluding hydrogens is 247 g/mol. The van der Waals surface area contributed by atoms with Crippen molar-refractivity contribution in [3.05, 3.63) is 12.7 Å². The summed E-state index contributed by atoms with van der Waals surface area (Å²) in [5.74, 6) is -0.0801. The molecule has 1 N–H and O–H groups in total. The largest absolute Gasteiger partial charge is 0.401 e. The van der Waals surface area contributed by atoms with Gasteiger partial charge in [-0.15, -0.1) is 6.58 Å². The van der Waals surface area contributed by atoms with Gasteiger partial charge in [0.25, 0.3) is 0 Å². The van der Waals surface area contributed by atoms with Crippen LogP contribution in [0.1, 0.15) is 0 Å². The minimum absolute atomic E-state index is 0.0801. The molecule has 1 aliphatic heterocycles. The fourth-order valence-corrected chi connectivity index (χ4v) is 1.80. The van der Waals surface area contributed by atoms with Crippen LogP contribution in [0.3, 0.4) is 0 Å². The summed E-state index contributed by atoms with van der Waals surface area (Å²) < 4.78 is 36.5. The average Bonchev–Trinajstić information content (AvgIpc) is 2.28. The lowest BCUT2D eigenvalue weighted by Crippen LogP contribution is -2.52. The third-order valence-electron chi connectivity index (χ3n) is 2.69. The molecular formula is C11H18F3N3O. The molecule has 0 unspecified atom stereocenters.